The molecule has 1 atom stereocenters. The Hall–Kier alpha value is -1.78. The second-order valence-corrected chi connectivity index (χ2v) is 7.99. The SMILES string of the molecule is CN1CCCC1CCn1c(-c2ccc(N)cc2)cc2cc(Br)ccc21. The van der Waals surface area contributed by atoms with Crippen molar-refractivity contribution >= 4 is 32.5 Å². The molecule has 4 rings (SSSR count). The predicted octanol–water partition coefficient (Wildman–Crippen LogP) is 5.14. The standard InChI is InChI=1S/C21H24BrN3/c1-24-11-2-3-19(24)10-12-25-20-9-6-17(22)13-16(20)14-21(25)15-4-7-18(23)8-5-15/h4-9,13-14,19H,2-3,10-12,23H2,1H3. The fourth-order valence-corrected chi connectivity index (χ4v) is 4.38. The van der Waals surface area contributed by atoms with Gasteiger partial charge in [0.25, 0.3) is 0 Å². The Kier molecular flexibility index (Phi) is 4.57. The molecule has 1 unspecified atom stereocenters. The van der Waals surface area contributed by atoms with Gasteiger partial charge in [-0.3, -0.25) is 0 Å². The van der Waals surface area contributed by atoms with Crippen LogP contribution in [0.1, 0.15) is 19.3 Å². The number of likely N-dealkylation sites (tertiary alicyclic amines) is 1. The van der Waals surface area contributed by atoms with Gasteiger partial charge in [0.1, 0.15) is 0 Å². The van der Waals surface area contributed by atoms with Gasteiger partial charge in [-0.2, -0.15) is 0 Å². The molecule has 1 saturated heterocycles. The molecule has 1 fully saturated rings. The molecular formula is C21H24BrN3. The lowest BCUT2D eigenvalue weighted by Crippen LogP contribution is -2.26. The third-order valence-electron chi connectivity index (χ3n) is 5.43. The molecule has 25 heavy (non-hydrogen) atoms. The summed E-state index contributed by atoms with van der Waals surface area (Å²) in [7, 11) is 2.25. The van der Waals surface area contributed by atoms with Crippen LogP contribution in [0.2, 0.25) is 0 Å². The largest absolute Gasteiger partial charge is 0.399 e. The van der Waals surface area contributed by atoms with Gasteiger partial charge in [0.05, 0.1) is 0 Å². The van der Waals surface area contributed by atoms with Gasteiger partial charge in [0.15, 0.2) is 0 Å². The average Bonchev–Trinajstić information content (AvgIpc) is 3.16. The number of anilines is 1. The van der Waals surface area contributed by atoms with E-state index in [1.807, 2.05) is 12.1 Å². The molecule has 2 aromatic carbocycles. The summed E-state index contributed by atoms with van der Waals surface area (Å²) in [5.41, 5.74) is 10.5. The summed E-state index contributed by atoms with van der Waals surface area (Å²) in [6.07, 6.45) is 3.84. The zero-order valence-electron chi connectivity index (χ0n) is 14.6. The third kappa shape index (κ3) is 3.33. The van der Waals surface area contributed by atoms with Crippen molar-refractivity contribution < 1.29 is 0 Å². The monoisotopic (exact) mass is 397 g/mol. The van der Waals surface area contributed by atoms with Gasteiger partial charge in [0, 0.05) is 39.3 Å². The molecule has 0 amide bonds. The normalized spacial score (nSPS) is 18.2. The smallest absolute Gasteiger partial charge is 0.0491 e. The maximum absolute atomic E-state index is 5.88. The number of hydrogen-bond acceptors (Lipinski definition) is 2. The first-order valence-electron chi connectivity index (χ1n) is 8.97. The molecule has 3 aromatic rings. The van der Waals surface area contributed by atoms with E-state index in [0.717, 1.165) is 16.7 Å². The minimum absolute atomic E-state index is 0.701. The zero-order valence-corrected chi connectivity index (χ0v) is 16.2. The number of fused-ring (bicyclic) bond motifs is 1. The van der Waals surface area contributed by atoms with Gasteiger partial charge in [-0.1, -0.05) is 28.1 Å². The predicted molar refractivity (Wildman–Crippen MR) is 110 cm³/mol. The average molecular weight is 398 g/mol. The summed E-state index contributed by atoms with van der Waals surface area (Å²) in [5, 5.41) is 1.28. The Morgan fingerprint density at radius 3 is 2.64 bits per heavy atom. The van der Waals surface area contributed by atoms with E-state index >= 15 is 0 Å². The molecule has 0 aliphatic carbocycles. The quantitative estimate of drug-likeness (QED) is 0.618. The molecule has 3 nitrogen and oxygen atoms in total. The van der Waals surface area contributed by atoms with Gasteiger partial charge >= 0.3 is 0 Å². The number of rotatable bonds is 4. The Morgan fingerprint density at radius 2 is 1.92 bits per heavy atom. The molecule has 0 bridgehead atoms. The highest BCUT2D eigenvalue weighted by atomic mass is 79.9. The van der Waals surface area contributed by atoms with E-state index in [1.165, 1.54) is 48.0 Å². The van der Waals surface area contributed by atoms with Crippen molar-refractivity contribution in [3.63, 3.8) is 0 Å². The summed E-state index contributed by atoms with van der Waals surface area (Å²) in [5.74, 6) is 0. The summed E-state index contributed by atoms with van der Waals surface area (Å²) in [4.78, 5) is 2.51. The Balaban J connectivity index is 1.73. The zero-order chi connectivity index (χ0) is 17.4. The number of nitrogens with two attached hydrogens (primary N) is 1. The van der Waals surface area contributed by atoms with Crippen LogP contribution in [0.5, 0.6) is 0 Å². The van der Waals surface area contributed by atoms with Gasteiger partial charge < -0.3 is 15.2 Å². The van der Waals surface area contributed by atoms with Gasteiger partial charge in [-0.25, -0.2) is 0 Å². The van der Waals surface area contributed by atoms with E-state index in [9.17, 15) is 0 Å². The molecule has 130 valence electrons. The Morgan fingerprint density at radius 1 is 1.12 bits per heavy atom. The number of nitrogens with zero attached hydrogens (tertiary/aromatic N) is 2. The number of aromatic nitrogens is 1. The molecule has 2 N–H and O–H groups in total. The number of benzene rings is 2. The van der Waals surface area contributed by atoms with Crippen LogP contribution in [0.15, 0.2) is 53.0 Å². The number of aryl methyl sites for hydroxylation is 1. The highest BCUT2D eigenvalue weighted by Crippen LogP contribution is 2.31. The lowest BCUT2D eigenvalue weighted by molar-refractivity contribution is 0.287. The molecule has 1 aromatic heterocycles. The topological polar surface area (TPSA) is 34.2 Å². The summed E-state index contributed by atoms with van der Waals surface area (Å²) in [6.45, 7) is 2.27. The second-order valence-electron chi connectivity index (χ2n) is 7.07. The number of hydrogen-bond donors (Lipinski definition) is 1. The van der Waals surface area contributed by atoms with Crippen LogP contribution < -0.4 is 5.73 Å². The van der Waals surface area contributed by atoms with E-state index in [2.05, 4.69) is 68.8 Å². The fraction of sp³-hybridized carbons (Fsp3) is 0.333. The first kappa shape index (κ1) is 16.7. The van der Waals surface area contributed by atoms with Crippen molar-refractivity contribution in [1.82, 2.24) is 9.47 Å². The van der Waals surface area contributed by atoms with E-state index in [0.29, 0.717) is 6.04 Å². The third-order valence-corrected chi connectivity index (χ3v) is 5.92. The maximum atomic E-state index is 5.88. The number of halogens is 1. The molecule has 2 heterocycles. The fourth-order valence-electron chi connectivity index (χ4n) is 4.00. The van der Waals surface area contributed by atoms with E-state index in [1.54, 1.807) is 0 Å². The molecule has 4 heteroatoms. The summed E-state index contributed by atoms with van der Waals surface area (Å²) >= 11 is 3.60. The van der Waals surface area contributed by atoms with Crippen molar-refractivity contribution in [2.75, 3.05) is 19.3 Å². The van der Waals surface area contributed by atoms with E-state index in [4.69, 9.17) is 5.73 Å². The molecule has 0 saturated carbocycles. The lowest BCUT2D eigenvalue weighted by atomic mass is 10.1. The first-order chi connectivity index (χ1) is 12.1. The van der Waals surface area contributed by atoms with Crippen molar-refractivity contribution in [3.8, 4) is 11.3 Å². The minimum Gasteiger partial charge on any atom is -0.399 e. The van der Waals surface area contributed by atoms with E-state index in [-0.39, 0.29) is 0 Å². The Bertz CT molecular complexity index is 882. The Labute approximate surface area is 157 Å². The van der Waals surface area contributed by atoms with Crippen molar-refractivity contribution in [2.24, 2.45) is 0 Å². The van der Waals surface area contributed by atoms with Crippen molar-refractivity contribution in [2.45, 2.75) is 31.8 Å². The van der Waals surface area contributed by atoms with Crippen LogP contribution in [0.4, 0.5) is 5.69 Å². The minimum atomic E-state index is 0.701. The summed E-state index contributed by atoms with van der Waals surface area (Å²) < 4.78 is 3.59. The molecular weight excluding hydrogens is 374 g/mol. The lowest BCUT2D eigenvalue weighted by Gasteiger charge is -2.21. The van der Waals surface area contributed by atoms with Gasteiger partial charge in [0.2, 0.25) is 0 Å². The first-order valence-corrected chi connectivity index (χ1v) is 9.76. The van der Waals surface area contributed by atoms with E-state index < -0.39 is 0 Å². The van der Waals surface area contributed by atoms with Crippen LogP contribution in [-0.4, -0.2) is 29.1 Å². The van der Waals surface area contributed by atoms with Crippen LogP contribution in [-0.2, 0) is 6.54 Å². The van der Waals surface area contributed by atoms with Crippen LogP contribution in [0.25, 0.3) is 22.2 Å². The highest BCUT2D eigenvalue weighted by Gasteiger charge is 2.21. The van der Waals surface area contributed by atoms with Gasteiger partial charge in [-0.05, 0) is 74.8 Å². The molecule has 1 aliphatic heterocycles. The van der Waals surface area contributed by atoms with Crippen LogP contribution in [0.3, 0.4) is 0 Å². The second kappa shape index (κ2) is 6.85. The van der Waals surface area contributed by atoms with Gasteiger partial charge in [-0.15, -0.1) is 0 Å². The van der Waals surface area contributed by atoms with Crippen molar-refractivity contribution in [3.05, 3.63) is 53.0 Å². The maximum Gasteiger partial charge on any atom is 0.0491 e. The molecule has 0 radical (unpaired) electrons. The highest BCUT2D eigenvalue weighted by molar-refractivity contribution is 9.10. The van der Waals surface area contributed by atoms with Crippen LogP contribution in [0, 0.1) is 0 Å². The van der Waals surface area contributed by atoms with Crippen molar-refractivity contribution in [1.29, 1.82) is 0 Å². The molecule has 0 spiro atoms. The molecule has 1 aliphatic rings. The number of nitrogen functional groups attached to an aromatic ring is 1. The van der Waals surface area contributed by atoms with Crippen LogP contribution >= 0.6 is 15.9 Å². The summed E-state index contributed by atoms with van der Waals surface area (Å²) in [6, 6.07) is 17.8.